The molecule has 3 rings (SSSR count). The van der Waals surface area contributed by atoms with Gasteiger partial charge in [0.15, 0.2) is 4.96 Å². The monoisotopic (exact) mass is 420 g/mol. The van der Waals surface area contributed by atoms with Crippen molar-refractivity contribution in [3.63, 3.8) is 0 Å². The summed E-state index contributed by atoms with van der Waals surface area (Å²) in [5.74, 6) is 0. The Kier molecular flexibility index (Phi) is 6.29. The summed E-state index contributed by atoms with van der Waals surface area (Å²) >= 11 is 1.42. The van der Waals surface area contributed by atoms with E-state index in [2.05, 4.69) is 10.3 Å². The van der Waals surface area contributed by atoms with E-state index in [9.17, 15) is 13.2 Å². The minimum Gasteiger partial charge on any atom is -0.305 e. The van der Waals surface area contributed by atoms with E-state index in [0.717, 1.165) is 5.56 Å². The van der Waals surface area contributed by atoms with Crippen LogP contribution in [0.5, 0.6) is 0 Å². The van der Waals surface area contributed by atoms with Gasteiger partial charge in [0.1, 0.15) is 0 Å². The predicted molar refractivity (Wildman–Crippen MR) is 111 cm³/mol. The number of rotatable bonds is 8. The van der Waals surface area contributed by atoms with Crippen LogP contribution in [-0.4, -0.2) is 35.2 Å². The normalized spacial score (nSPS) is 13.3. The van der Waals surface area contributed by atoms with Crippen LogP contribution in [0.15, 0.2) is 51.6 Å². The van der Waals surface area contributed by atoms with Crippen LogP contribution in [0.1, 0.15) is 38.1 Å². The summed E-state index contributed by atoms with van der Waals surface area (Å²) in [4.78, 5) is 17.5. The summed E-state index contributed by atoms with van der Waals surface area (Å²) in [6.07, 6.45) is 1.71. The van der Waals surface area contributed by atoms with E-state index in [1.54, 1.807) is 18.3 Å². The first kappa shape index (κ1) is 20.7. The number of hydrogen-bond acceptors (Lipinski definition) is 6. The van der Waals surface area contributed by atoms with Crippen molar-refractivity contribution < 1.29 is 8.42 Å². The number of nitrogens with one attached hydrogen (secondary N) is 1. The topological polar surface area (TPSA) is 83.8 Å². The van der Waals surface area contributed by atoms with Crippen LogP contribution in [0.2, 0.25) is 0 Å². The smallest absolute Gasteiger partial charge is 0.258 e. The Morgan fingerprint density at radius 2 is 1.89 bits per heavy atom. The molecule has 1 atom stereocenters. The van der Waals surface area contributed by atoms with E-state index >= 15 is 0 Å². The largest absolute Gasteiger partial charge is 0.305 e. The van der Waals surface area contributed by atoms with Crippen LogP contribution in [0.25, 0.3) is 4.96 Å². The molecule has 0 amide bonds. The van der Waals surface area contributed by atoms with Gasteiger partial charge in [-0.1, -0.05) is 26.0 Å². The van der Waals surface area contributed by atoms with Crippen LogP contribution in [0.4, 0.5) is 0 Å². The molecule has 9 heteroatoms. The Hall–Kier alpha value is -2.07. The van der Waals surface area contributed by atoms with Gasteiger partial charge in [-0.3, -0.25) is 9.20 Å². The standard InChI is InChI=1S/C19H24N4O3S2/c1-4-22(5-2)28(25,26)17-8-6-15(7-9-17)14(3)20-13-16-12-18(24)23-10-11-27-19(23)21-16/h6-12,14,20H,4-5,13H2,1-3H3/t14-/m0/s1. The SMILES string of the molecule is CCN(CC)S(=O)(=O)c1ccc([C@H](C)NCc2cc(=O)n3ccsc3n2)cc1. The Labute approximate surface area is 168 Å². The summed E-state index contributed by atoms with van der Waals surface area (Å²) in [6.45, 7) is 6.98. The van der Waals surface area contributed by atoms with Gasteiger partial charge in [-0.25, -0.2) is 13.4 Å². The van der Waals surface area contributed by atoms with Crippen molar-refractivity contribution >= 4 is 26.3 Å². The minimum absolute atomic E-state index is 0.0196. The van der Waals surface area contributed by atoms with Crippen LogP contribution in [0.3, 0.4) is 0 Å². The maximum Gasteiger partial charge on any atom is 0.258 e. The van der Waals surface area contributed by atoms with E-state index in [4.69, 9.17) is 0 Å². The van der Waals surface area contributed by atoms with Gasteiger partial charge in [0.05, 0.1) is 10.6 Å². The lowest BCUT2D eigenvalue weighted by atomic mass is 10.1. The molecule has 0 fully saturated rings. The fourth-order valence-corrected chi connectivity index (χ4v) is 5.19. The molecule has 3 aromatic rings. The van der Waals surface area contributed by atoms with Gasteiger partial charge in [-0.2, -0.15) is 4.31 Å². The zero-order chi connectivity index (χ0) is 20.3. The molecule has 1 N–H and O–H groups in total. The maximum atomic E-state index is 12.6. The molecule has 0 unspecified atom stereocenters. The van der Waals surface area contributed by atoms with Crippen LogP contribution in [-0.2, 0) is 16.6 Å². The van der Waals surface area contributed by atoms with E-state index in [1.165, 1.54) is 26.1 Å². The fourth-order valence-electron chi connectivity index (χ4n) is 2.99. The average Bonchev–Trinajstić information content (AvgIpc) is 3.16. The molecule has 2 heterocycles. The highest BCUT2D eigenvalue weighted by molar-refractivity contribution is 7.89. The zero-order valence-electron chi connectivity index (χ0n) is 16.1. The minimum atomic E-state index is -3.45. The lowest BCUT2D eigenvalue weighted by molar-refractivity contribution is 0.445. The third-order valence-electron chi connectivity index (χ3n) is 4.67. The second-order valence-electron chi connectivity index (χ2n) is 6.40. The Morgan fingerprint density at radius 1 is 1.21 bits per heavy atom. The highest BCUT2D eigenvalue weighted by Crippen LogP contribution is 2.19. The Morgan fingerprint density at radius 3 is 2.54 bits per heavy atom. The van der Waals surface area contributed by atoms with Crippen molar-refractivity contribution in [1.29, 1.82) is 0 Å². The molecule has 0 aliphatic carbocycles. The number of sulfonamides is 1. The summed E-state index contributed by atoms with van der Waals surface area (Å²) in [6, 6.07) is 8.43. The van der Waals surface area contributed by atoms with Crippen molar-refractivity contribution in [2.24, 2.45) is 0 Å². The number of aromatic nitrogens is 2. The van der Waals surface area contributed by atoms with Crippen LogP contribution in [0, 0.1) is 0 Å². The molecule has 0 saturated heterocycles. The molecule has 1 aromatic carbocycles. The molecule has 150 valence electrons. The van der Waals surface area contributed by atoms with E-state index < -0.39 is 10.0 Å². The third kappa shape index (κ3) is 4.17. The molecule has 7 nitrogen and oxygen atoms in total. The predicted octanol–water partition coefficient (Wildman–Crippen LogP) is 2.64. The lowest BCUT2D eigenvalue weighted by Crippen LogP contribution is -2.30. The molecular formula is C19H24N4O3S2. The van der Waals surface area contributed by atoms with Crippen molar-refractivity contribution in [1.82, 2.24) is 19.0 Å². The average molecular weight is 421 g/mol. The number of thiazole rings is 1. The third-order valence-corrected chi connectivity index (χ3v) is 7.49. The molecule has 0 saturated carbocycles. The molecule has 0 radical (unpaired) electrons. The first-order valence-electron chi connectivity index (χ1n) is 9.16. The summed E-state index contributed by atoms with van der Waals surface area (Å²) < 4.78 is 28.1. The summed E-state index contributed by atoms with van der Waals surface area (Å²) in [5.41, 5.74) is 1.55. The number of benzene rings is 1. The molecule has 0 spiro atoms. The second kappa shape index (κ2) is 8.52. The highest BCUT2D eigenvalue weighted by Gasteiger charge is 2.21. The van der Waals surface area contributed by atoms with Gasteiger partial charge in [0.25, 0.3) is 5.56 Å². The van der Waals surface area contributed by atoms with Gasteiger partial charge >= 0.3 is 0 Å². The maximum absolute atomic E-state index is 12.6. The van der Waals surface area contributed by atoms with Gasteiger partial charge in [-0.05, 0) is 24.6 Å². The molecule has 0 aliphatic rings. The van der Waals surface area contributed by atoms with Crippen LogP contribution < -0.4 is 10.9 Å². The Balaban J connectivity index is 1.70. The quantitative estimate of drug-likeness (QED) is 0.606. The van der Waals surface area contributed by atoms with Crippen molar-refractivity contribution in [2.45, 2.75) is 38.3 Å². The summed E-state index contributed by atoms with van der Waals surface area (Å²) in [5, 5.41) is 5.17. The van der Waals surface area contributed by atoms with Gasteiger partial charge in [0.2, 0.25) is 10.0 Å². The summed E-state index contributed by atoms with van der Waals surface area (Å²) in [7, 11) is -3.45. The van der Waals surface area contributed by atoms with Gasteiger partial charge in [-0.15, -0.1) is 11.3 Å². The molecule has 28 heavy (non-hydrogen) atoms. The molecular weight excluding hydrogens is 396 g/mol. The first-order chi connectivity index (χ1) is 13.4. The number of hydrogen-bond donors (Lipinski definition) is 1. The second-order valence-corrected chi connectivity index (χ2v) is 9.21. The van der Waals surface area contributed by atoms with Gasteiger partial charge < -0.3 is 5.32 Å². The first-order valence-corrected chi connectivity index (χ1v) is 11.5. The lowest BCUT2D eigenvalue weighted by Gasteiger charge is -2.19. The van der Waals surface area contributed by atoms with E-state index in [0.29, 0.717) is 35.2 Å². The fraction of sp³-hybridized carbons (Fsp3) is 0.368. The highest BCUT2D eigenvalue weighted by atomic mass is 32.2. The Bertz CT molecular complexity index is 1100. The molecule has 0 bridgehead atoms. The number of nitrogens with zero attached hydrogens (tertiary/aromatic N) is 3. The molecule has 2 aromatic heterocycles. The number of fused-ring (bicyclic) bond motifs is 1. The van der Waals surface area contributed by atoms with E-state index in [1.807, 2.05) is 38.3 Å². The molecule has 0 aliphatic heterocycles. The van der Waals surface area contributed by atoms with Crippen molar-refractivity contribution in [3.8, 4) is 0 Å². The van der Waals surface area contributed by atoms with Gasteiger partial charge in [0, 0.05) is 43.3 Å². The zero-order valence-corrected chi connectivity index (χ0v) is 17.8. The van der Waals surface area contributed by atoms with Crippen molar-refractivity contribution in [2.75, 3.05) is 13.1 Å². The van der Waals surface area contributed by atoms with E-state index in [-0.39, 0.29) is 11.6 Å². The van der Waals surface area contributed by atoms with Crippen molar-refractivity contribution in [3.05, 3.63) is 63.5 Å². The van der Waals surface area contributed by atoms with Crippen LogP contribution >= 0.6 is 11.3 Å².